The molecule has 2 rings (SSSR count). The third kappa shape index (κ3) is 0.881. The molecule has 0 aromatic carbocycles. The van der Waals surface area contributed by atoms with Gasteiger partial charge in [-0.2, -0.15) is 0 Å². The minimum Gasteiger partial charge on any atom is -0.126 e. The Hall–Kier alpha value is 0.290. The lowest BCUT2D eigenvalue weighted by Crippen LogP contribution is -2.11. The lowest BCUT2D eigenvalue weighted by Gasteiger charge is -2.17. The van der Waals surface area contributed by atoms with Crippen LogP contribution >= 0.6 is 11.6 Å². The van der Waals surface area contributed by atoms with Crippen molar-refractivity contribution in [3.8, 4) is 0 Å². The van der Waals surface area contributed by atoms with E-state index in [-0.39, 0.29) is 0 Å². The lowest BCUT2D eigenvalue weighted by atomic mass is 9.90. The fraction of sp³-hybridized carbons (Fsp3) is 1.00. The smallest absolute Gasteiger partial charge is 0.0254 e. The second kappa shape index (κ2) is 2.16. The summed E-state index contributed by atoms with van der Waals surface area (Å²) in [6.45, 7) is 0. The van der Waals surface area contributed by atoms with Gasteiger partial charge in [0.25, 0.3) is 0 Å². The number of fused-ring (bicyclic) bond motifs is 2. The van der Waals surface area contributed by atoms with E-state index < -0.39 is 0 Å². The summed E-state index contributed by atoms with van der Waals surface area (Å²) in [4.78, 5) is 0. The molecular weight excluding hydrogens is 132 g/mol. The Labute approximate surface area is 61.6 Å². The zero-order chi connectivity index (χ0) is 6.27. The van der Waals surface area contributed by atoms with Crippen LogP contribution in [0.25, 0.3) is 0 Å². The summed E-state index contributed by atoms with van der Waals surface area (Å²) in [5.74, 6) is 3.90. The Balaban J connectivity index is 2.01. The molecule has 0 spiro atoms. The maximum Gasteiger partial charge on any atom is 0.0254 e. The SMILES string of the molecule is ClC[C@H]1C[C@H]2CC[C@@H]1C2. The summed E-state index contributed by atoms with van der Waals surface area (Å²) in [6, 6.07) is 0. The van der Waals surface area contributed by atoms with Crippen LogP contribution in [0.15, 0.2) is 0 Å². The van der Waals surface area contributed by atoms with Crippen LogP contribution in [-0.2, 0) is 0 Å². The highest BCUT2D eigenvalue weighted by molar-refractivity contribution is 6.18. The van der Waals surface area contributed by atoms with Crippen molar-refractivity contribution in [3.63, 3.8) is 0 Å². The van der Waals surface area contributed by atoms with Crippen LogP contribution in [0.2, 0.25) is 0 Å². The molecule has 0 saturated heterocycles. The van der Waals surface area contributed by atoms with Crippen molar-refractivity contribution in [2.45, 2.75) is 25.7 Å². The Kier molecular flexibility index (Phi) is 1.45. The number of halogens is 1. The molecule has 2 aliphatic carbocycles. The van der Waals surface area contributed by atoms with Crippen LogP contribution in [0.1, 0.15) is 25.7 Å². The monoisotopic (exact) mass is 144 g/mol. The first-order valence-corrected chi connectivity index (χ1v) is 4.49. The van der Waals surface area contributed by atoms with E-state index in [1.165, 1.54) is 25.7 Å². The third-order valence-corrected chi connectivity index (χ3v) is 3.48. The fourth-order valence-electron chi connectivity index (χ4n) is 2.57. The molecule has 0 nitrogen and oxygen atoms in total. The zero-order valence-corrected chi connectivity index (χ0v) is 6.40. The second-order valence-corrected chi connectivity index (χ2v) is 3.90. The van der Waals surface area contributed by atoms with Crippen molar-refractivity contribution in [3.05, 3.63) is 0 Å². The van der Waals surface area contributed by atoms with E-state index in [1.54, 1.807) is 0 Å². The van der Waals surface area contributed by atoms with E-state index in [0.29, 0.717) is 0 Å². The Morgan fingerprint density at radius 3 is 2.44 bits per heavy atom. The molecule has 2 saturated carbocycles. The molecule has 2 aliphatic rings. The second-order valence-electron chi connectivity index (χ2n) is 3.59. The van der Waals surface area contributed by atoms with Crippen LogP contribution < -0.4 is 0 Å². The average molecular weight is 145 g/mol. The van der Waals surface area contributed by atoms with Crippen LogP contribution in [-0.4, -0.2) is 5.88 Å². The maximum absolute atomic E-state index is 5.80. The lowest BCUT2D eigenvalue weighted by molar-refractivity contribution is 0.364. The Bertz CT molecular complexity index is 111. The highest BCUT2D eigenvalue weighted by Crippen LogP contribution is 2.48. The third-order valence-electron chi connectivity index (χ3n) is 3.08. The summed E-state index contributed by atoms with van der Waals surface area (Å²) < 4.78 is 0. The van der Waals surface area contributed by atoms with Gasteiger partial charge in [-0.25, -0.2) is 0 Å². The molecule has 0 radical (unpaired) electrons. The van der Waals surface area contributed by atoms with Gasteiger partial charge in [0, 0.05) is 5.88 Å². The van der Waals surface area contributed by atoms with Crippen molar-refractivity contribution in [1.29, 1.82) is 0 Å². The first kappa shape index (κ1) is 6.03. The summed E-state index contributed by atoms with van der Waals surface area (Å²) in [5.41, 5.74) is 0. The minimum atomic E-state index is 0.894. The first-order chi connectivity index (χ1) is 4.40. The van der Waals surface area contributed by atoms with Gasteiger partial charge in [-0.1, -0.05) is 6.42 Å². The van der Waals surface area contributed by atoms with E-state index in [0.717, 1.165) is 23.6 Å². The largest absolute Gasteiger partial charge is 0.126 e. The number of hydrogen-bond acceptors (Lipinski definition) is 0. The maximum atomic E-state index is 5.80. The van der Waals surface area contributed by atoms with Crippen molar-refractivity contribution in [2.75, 3.05) is 5.88 Å². The molecule has 3 atom stereocenters. The van der Waals surface area contributed by atoms with E-state index >= 15 is 0 Å². The Morgan fingerprint density at radius 2 is 2.11 bits per heavy atom. The summed E-state index contributed by atoms with van der Waals surface area (Å²) >= 11 is 5.80. The summed E-state index contributed by atoms with van der Waals surface area (Å²) in [5, 5.41) is 0. The van der Waals surface area contributed by atoms with Crippen molar-refractivity contribution < 1.29 is 0 Å². The van der Waals surface area contributed by atoms with Crippen molar-refractivity contribution in [1.82, 2.24) is 0 Å². The standard InChI is InChI=1S/C8H13Cl/c9-5-8-4-6-1-2-7(8)3-6/h6-8H,1-5H2/t6-,7+,8+/m0/s1. The topological polar surface area (TPSA) is 0 Å². The Morgan fingerprint density at radius 1 is 1.22 bits per heavy atom. The highest BCUT2D eigenvalue weighted by Gasteiger charge is 2.38. The van der Waals surface area contributed by atoms with E-state index in [4.69, 9.17) is 11.6 Å². The van der Waals surface area contributed by atoms with Crippen LogP contribution in [0.4, 0.5) is 0 Å². The normalized spacial score (nSPS) is 48.3. The van der Waals surface area contributed by atoms with Gasteiger partial charge >= 0.3 is 0 Å². The average Bonchev–Trinajstić information content (AvgIpc) is 2.45. The molecular formula is C8H13Cl. The van der Waals surface area contributed by atoms with Gasteiger partial charge in [0.05, 0.1) is 0 Å². The van der Waals surface area contributed by atoms with E-state index in [2.05, 4.69) is 0 Å². The van der Waals surface area contributed by atoms with Gasteiger partial charge in [-0.15, -0.1) is 11.6 Å². The highest BCUT2D eigenvalue weighted by atomic mass is 35.5. The molecule has 2 bridgehead atoms. The number of hydrogen-bond donors (Lipinski definition) is 0. The molecule has 0 aliphatic heterocycles. The number of rotatable bonds is 1. The molecule has 2 fully saturated rings. The predicted molar refractivity (Wildman–Crippen MR) is 39.7 cm³/mol. The van der Waals surface area contributed by atoms with Gasteiger partial charge in [-0.3, -0.25) is 0 Å². The van der Waals surface area contributed by atoms with E-state index in [9.17, 15) is 0 Å². The van der Waals surface area contributed by atoms with Crippen molar-refractivity contribution in [2.24, 2.45) is 17.8 Å². The molecule has 52 valence electrons. The predicted octanol–water partition coefficient (Wildman–Crippen LogP) is 2.66. The van der Waals surface area contributed by atoms with Gasteiger partial charge in [-0.05, 0) is 37.0 Å². The zero-order valence-electron chi connectivity index (χ0n) is 5.65. The van der Waals surface area contributed by atoms with Crippen LogP contribution in [0.5, 0.6) is 0 Å². The first-order valence-electron chi connectivity index (χ1n) is 3.96. The van der Waals surface area contributed by atoms with Crippen LogP contribution in [0.3, 0.4) is 0 Å². The molecule has 0 unspecified atom stereocenters. The molecule has 0 aromatic heterocycles. The van der Waals surface area contributed by atoms with Gasteiger partial charge in [0.1, 0.15) is 0 Å². The summed E-state index contributed by atoms with van der Waals surface area (Å²) in [6.07, 6.45) is 5.91. The number of alkyl halides is 1. The summed E-state index contributed by atoms with van der Waals surface area (Å²) in [7, 11) is 0. The molecule has 1 heteroatoms. The molecule has 9 heavy (non-hydrogen) atoms. The quantitative estimate of drug-likeness (QED) is 0.497. The van der Waals surface area contributed by atoms with Gasteiger partial charge < -0.3 is 0 Å². The fourth-order valence-corrected chi connectivity index (χ4v) is 2.94. The van der Waals surface area contributed by atoms with Crippen molar-refractivity contribution >= 4 is 11.6 Å². The minimum absolute atomic E-state index is 0.894. The van der Waals surface area contributed by atoms with Gasteiger partial charge in [0.2, 0.25) is 0 Å². The van der Waals surface area contributed by atoms with E-state index in [1.807, 2.05) is 0 Å². The molecule has 0 heterocycles. The van der Waals surface area contributed by atoms with Gasteiger partial charge in [0.15, 0.2) is 0 Å². The molecule has 0 amide bonds. The van der Waals surface area contributed by atoms with Crippen LogP contribution in [0, 0.1) is 17.8 Å². The molecule has 0 N–H and O–H groups in total. The molecule has 0 aromatic rings.